The normalized spacial score (nSPS) is 11.9. The average molecular weight is 374 g/mol. The molecular formula is C21H24ClNOS. The fourth-order valence-electron chi connectivity index (χ4n) is 2.47. The Morgan fingerprint density at radius 2 is 2.12 bits per heavy atom. The van der Waals surface area contributed by atoms with E-state index in [1.54, 1.807) is 17.4 Å². The molecule has 0 spiro atoms. The summed E-state index contributed by atoms with van der Waals surface area (Å²) in [5.74, 6) is -0.0518. The maximum atomic E-state index is 12.3. The number of hydrogen-bond acceptors (Lipinski definition) is 2. The molecule has 1 aromatic carbocycles. The van der Waals surface area contributed by atoms with E-state index in [-0.39, 0.29) is 12.3 Å². The Balaban J connectivity index is 2.03. The van der Waals surface area contributed by atoms with Gasteiger partial charge in [-0.1, -0.05) is 67.8 Å². The number of carbonyl (C=O) groups is 1. The third kappa shape index (κ3) is 6.18. The molecule has 1 heterocycles. The van der Waals surface area contributed by atoms with Gasteiger partial charge in [-0.15, -0.1) is 11.3 Å². The van der Waals surface area contributed by atoms with E-state index in [1.807, 2.05) is 37.3 Å². The maximum Gasteiger partial charge on any atom is 0.229 e. The minimum atomic E-state index is -0.0518. The van der Waals surface area contributed by atoms with E-state index in [9.17, 15) is 4.79 Å². The molecule has 25 heavy (non-hydrogen) atoms. The van der Waals surface area contributed by atoms with Gasteiger partial charge in [-0.3, -0.25) is 4.79 Å². The Hall–Kier alpha value is -1.84. The van der Waals surface area contributed by atoms with Gasteiger partial charge in [0.1, 0.15) is 0 Å². The summed E-state index contributed by atoms with van der Waals surface area (Å²) < 4.78 is 0. The molecule has 0 bridgehead atoms. The molecule has 2 rings (SSSR count). The zero-order valence-electron chi connectivity index (χ0n) is 14.7. The molecule has 2 nitrogen and oxygen atoms in total. The molecule has 0 saturated heterocycles. The number of allylic oxidation sites excluding steroid dienone is 4. The van der Waals surface area contributed by atoms with Crippen LogP contribution in [0.25, 0.3) is 5.57 Å². The summed E-state index contributed by atoms with van der Waals surface area (Å²) >= 11 is 7.67. The Labute approximate surface area is 159 Å². The Morgan fingerprint density at radius 3 is 2.84 bits per heavy atom. The summed E-state index contributed by atoms with van der Waals surface area (Å²) in [4.78, 5) is 12.3. The third-order valence-corrected chi connectivity index (χ3v) is 4.99. The maximum absolute atomic E-state index is 12.3. The minimum Gasteiger partial charge on any atom is -0.317 e. The number of halogens is 1. The van der Waals surface area contributed by atoms with Crippen LogP contribution in [0.4, 0.5) is 5.00 Å². The molecule has 0 unspecified atom stereocenters. The number of benzene rings is 1. The summed E-state index contributed by atoms with van der Waals surface area (Å²) in [7, 11) is 0. The van der Waals surface area contributed by atoms with Gasteiger partial charge in [0.25, 0.3) is 0 Å². The average Bonchev–Trinajstić information content (AvgIpc) is 3.04. The van der Waals surface area contributed by atoms with Gasteiger partial charge in [0.05, 0.1) is 11.4 Å². The first-order chi connectivity index (χ1) is 12.1. The van der Waals surface area contributed by atoms with Crippen LogP contribution in [0.15, 0.2) is 53.9 Å². The monoisotopic (exact) mass is 373 g/mol. The topological polar surface area (TPSA) is 29.1 Å². The molecular weight excluding hydrogens is 350 g/mol. The molecule has 0 aliphatic heterocycles. The molecule has 2 aromatic rings. The molecule has 0 saturated carbocycles. The minimum absolute atomic E-state index is 0.0518. The third-order valence-electron chi connectivity index (χ3n) is 3.77. The summed E-state index contributed by atoms with van der Waals surface area (Å²) in [5, 5.41) is 6.54. The van der Waals surface area contributed by atoms with Gasteiger partial charge in [-0.25, -0.2) is 0 Å². The fourth-order valence-corrected chi connectivity index (χ4v) is 3.50. The zero-order chi connectivity index (χ0) is 18.1. The molecule has 0 radical (unpaired) electrons. The van der Waals surface area contributed by atoms with Crippen LogP contribution in [-0.2, 0) is 11.2 Å². The molecule has 1 N–H and O–H groups in total. The van der Waals surface area contributed by atoms with Gasteiger partial charge in [0.2, 0.25) is 5.91 Å². The van der Waals surface area contributed by atoms with E-state index >= 15 is 0 Å². The van der Waals surface area contributed by atoms with Crippen molar-refractivity contribution in [3.8, 4) is 0 Å². The summed E-state index contributed by atoms with van der Waals surface area (Å²) in [6, 6.07) is 9.47. The first-order valence-corrected chi connectivity index (χ1v) is 9.84. The summed E-state index contributed by atoms with van der Waals surface area (Å²) in [6.07, 6.45) is 10.2. The first-order valence-electron chi connectivity index (χ1n) is 8.59. The van der Waals surface area contributed by atoms with Crippen LogP contribution in [0.1, 0.15) is 44.2 Å². The van der Waals surface area contributed by atoms with Crippen LogP contribution >= 0.6 is 22.9 Å². The highest BCUT2D eigenvalue weighted by molar-refractivity contribution is 7.14. The Bertz CT molecular complexity index is 761. The second-order valence-corrected chi connectivity index (χ2v) is 7.14. The summed E-state index contributed by atoms with van der Waals surface area (Å²) in [5.41, 5.74) is 3.19. The molecule has 0 fully saturated rings. The number of rotatable bonds is 8. The lowest BCUT2D eigenvalue weighted by Gasteiger charge is -2.04. The van der Waals surface area contributed by atoms with Crippen molar-refractivity contribution in [2.75, 3.05) is 5.32 Å². The second kappa shape index (κ2) is 10.2. The standard InChI is InChI=1S/C21H24ClNOS/c1-3-5-6-10-16(9-4-2)18-14-21(25-15-18)23-20(24)13-17-11-7-8-12-19(17)22/h4,7-12,14-15H,3,5-6,13H2,1-2H3,(H,23,24)/b9-4-,16-10+. The molecule has 0 aliphatic rings. The Morgan fingerprint density at radius 1 is 1.32 bits per heavy atom. The molecule has 1 amide bonds. The largest absolute Gasteiger partial charge is 0.317 e. The van der Waals surface area contributed by atoms with Gasteiger partial charge >= 0.3 is 0 Å². The van der Waals surface area contributed by atoms with Crippen molar-refractivity contribution in [1.29, 1.82) is 0 Å². The number of hydrogen-bond donors (Lipinski definition) is 1. The Kier molecular flexibility index (Phi) is 7.96. The van der Waals surface area contributed by atoms with Gasteiger partial charge < -0.3 is 5.32 Å². The van der Waals surface area contributed by atoms with Crippen LogP contribution in [0.3, 0.4) is 0 Å². The zero-order valence-corrected chi connectivity index (χ0v) is 16.3. The van der Waals surface area contributed by atoms with Crippen molar-refractivity contribution in [3.63, 3.8) is 0 Å². The van der Waals surface area contributed by atoms with Crippen molar-refractivity contribution in [2.45, 2.75) is 39.5 Å². The van der Waals surface area contributed by atoms with Crippen LogP contribution in [-0.4, -0.2) is 5.91 Å². The highest BCUT2D eigenvalue weighted by Gasteiger charge is 2.09. The van der Waals surface area contributed by atoms with Crippen molar-refractivity contribution < 1.29 is 4.79 Å². The molecule has 132 valence electrons. The SMILES string of the molecule is C/C=C\C(=C/CCCC)c1csc(NC(=O)Cc2ccccc2Cl)c1. The predicted molar refractivity (Wildman–Crippen MR) is 110 cm³/mol. The van der Waals surface area contributed by atoms with Gasteiger partial charge in [-0.2, -0.15) is 0 Å². The number of carbonyl (C=O) groups excluding carboxylic acids is 1. The van der Waals surface area contributed by atoms with Crippen LogP contribution in [0.5, 0.6) is 0 Å². The van der Waals surface area contributed by atoms with Gasteiger partial charge in [-0.05, 0) is 42.2 Å². The van der Waals surface area contributed by atoms with Crippen molar-refractivity contribution in [3.05, 3.63) is 70.1 Å². The molecule has 0 atom stereocenters. The lowest BCUT2D eigenvalue weighted by atomic mass is 10.1. The van der Waals surface area contributed by atoms with Gasteiger partial charge in [0.15, 0.2) is 0 Å². The number of amides is 1. The quantitative estimate of drug-likeness (QED) is 0.403. The van der Waals surface area contributed by atoms with Crippen LogP contribution in [0.2, 0.25) is 5.02 Å². The van der Waals surface area contributed by atoms with Crippen LogP contribution in [0, 0.1) is 0 Å². The smallest absolute Gasteiger partial charge is 0.229 e. The summed E-state index contributed by atoms with van der Waals surface area (Å²) in [6.45, 7) is 4.21. The lowest BCUT2D eigenvalue weighted by molar-refractivity contribution is -0.115. The highest BCUT2D eigenvalue weighted by atomic mass is 35.5. The van der Waals surface area contributed by atoms with E-state index in [0.29, 0.717) is 5.02 Å². The predicted octanol–water partition coefficient (Wildman–Crippen LogP) is 6.73. The van der Waals surface area contributed by atoms with E-state index in [0.717, 1.165) is 22.5 Å². The van der Waals surface area contributed by atoms with E-state index in [1.165, 1.54) is 18.4 Å². The lowest BCUT2D eigenvalue weighted by Crippen LogP contribution is -2.13. The van der Waals surface area contributed by atoms with Crippen molar-refractivity contribution in [1.82, 2.24) is 0 Å². The number of anilines is 1. The first kappa shape index (κ1) is 19.5. The second-order valence-electron chi connectivity index (χ2n) is 5.82. The van der Waals surface area contributed by atoms with Crippen molar-refractivity contribution >= 4 is 39.4 Å². The number of unbranched alkanes of at least 4 members (excludes halogenated alkanes) is 2. The highest BCUT2D eigenvalue weighted by Crippen LogP contribution is 2.28. The van der Waals surface area contributed by atoms with E-state index < -0.39 is 0 Å². The number of thiophene rings is 1. The van der Waals surface area contributed by atoms with E-state index in [4.69, 9.17) is 11.6 Å². The molecule has 0 aliphatic carbocycles. The number of nitrogens with one attached hydrogen (secondary N) is 1. The fraction of sp³-hybridized carbons (Fsp3) is 0.286. The molecule has 1 aromatic heterocycles. The van der Waals surface area contributed by atoms with E-state index in [2.05, 4.69) is 29.8 Å². The van der Waals surface area contributed by atoms with Crippen LogP contribution < -0.4 is 5.32 Å². The molecule has 4 heteroatoms. The van der Waals surface area contributed by atoms with Crippen molar-refractivity contribution in [2.24, 2.45) is 0 Å². The van der Waals surface area contributed by atoms with Gasteiger partial charge in [0, 0.05) is 10.4 Å².